The first-order chi connectivity index (χ1) is 13.1. The molecule has 0 spiro atoms. The largest absolute Gasteiger partial charge is 0.366 e. The van der Waals surface area contributed by atoms with Gasteiger partial charge in [-0.05, 0) is 50.1 Å². The summed E-state index contributed by atoms with van der Waals surface area (Å²) in [6.45, 7) is 5.69. The lowest BCUT2D eigenvalue weighted by Crippen LogP contribution is -2.41. The van der Waals surface area contributed by atoms with Crippen molar-refractivity contribution in [3.63, 3.8) is 0 Å². The maximum absolute atomic E-state index is 12.6. The van der Waals surface area contributed by atoms with Gasteiger partial charge in [-0.15, -0.1) is 0 Å². The van der Waals surface area contributed by atoms with Crippen molar-refractivity contribution in [3.05, 3.63) is 77.6 Å². The molecule has 5 nitrogen and oxygen atoms in total. The van der Waals surface area contributed by atoms with Crippen LogP contribution in [-0.2, 0) is 6.42 Å². The van der Waals surface area contributed by atoms with Crippen LogP contribution in [0.15, 0.2) is 60.7 Å². The lowest BCUT2D eigenvalue weighted by Gasteiger charge is -2.27. The standard InChI is InChI=1S/C22H24N4O/c1-16-14-20(24-26(16)19-9-4-3-5-10-19)22(27)23-15-17(2)25-13-12-18-8-6-7-11-21(18)25/h3-11,14,17H,12-13,15H2,1-2H3,(H,23,27). The Kier molecular flexibility index (Phi) is 4.67. The molecule has 1 amide bonds. The molecule has 0 fully saturated rings. The van der Waals surface area contributed by atoms with Crippen LogP contribution in [0, 0.1) is 6.92 Å². The van der Waals surface area contributed by atoms with E-state index >= 15 is 0 Å². The Hall–Kier alpha value is -3.08. The number of anilines is 1. The van der Waals surface area contributed by atoms with Crippen LogP contribution in [0.3, 0.4) is 0 Å². The number of benzene rings is 2. The van der Waals surface area contributed by atoms with E-state index in [9.17, 15) is 4.79 Å². The number of carbonyl (C=O) groups excluding carboxylic acids is 1. The molecule has 1 atom stereocenters. The van der Waals surface area contributed by atoms with Gasteiger partial charge in [0.15, 0.2) is 5.69 Å². The highest BCUT2D eigenvalue weighted by Gasteiger charge is 2.23. The Bertz CT molecular complexity index is 948. The van der Waals surface area contributed by atoms with Gasteiger partial charge in [0, 0.05) is 30.5 Å². The molecule has 1 aromatic heterocycles. The van der Waals surface area contributed by atoms with Gasteiger partial charge in [-0.1, -0.05) is 36.4 Å². The van der Waals surface area contributed by atoms with E-state index in [-0.39, 0.29) is 11.9 Å². The normalized spacial score (nSPS) is 14.1. The molecule has 0 aliphatic carbocycles. The Labute approximate surface area is 159 Å². The third kappa shape index (κ3) is 3.45. The zero-order chi connectivity index (χ0) is 18.8. The van der Waals surface area contributed by atoms with Crippen molar-refractivity contribution in [1.29, 1.82) is 0 Å². The first-order valence-electron chi connectivity index (χ1n) is 9.38. The molecule has 0 saturated carbocycles. The lowest BCUT2D eigenvalue weighted by molar-refractivity contribution is 0.0946. The van der Waals surface area contributed by atoms with E-state index in [2.05, 4.69) is 46.5 Å². The number of amides is 1. The molecule has 1 unspecified atom stereocenters. The second kappa shape index (κ2) is 7.27. The molecule has 5 heteroatoms. The van der Waals surface area contributed by atoms with E-state index in [1.807, 2.05) is 43.3 Å². The van der Waals surface area contributed by atoms with Crippen molar-refractivity contribution in [2.75, 3.05) is 18.0 Å². The number of para-hydroxylation sites is 2. The van der Waals surface area contributed by atoms with Crippen LogP contribution >= 0.6 is 0 Å². The predicted octanol–water partition coefficient (Wildman–Crippen LogP) is 3.36. The van der Waals surface area contributed by atoms with Crippen molar-refractivity contribution in [3.8, 4) is 5.69 Å². The summed E-state index contributed by atoms with van der Waals surface area (Å²) in [5.74, 6) is -0.132. The number of carbonyl (C=O) groups is 1. The summed E-state index contributed by atoms with van der Waals surface area (Å²) < 4.78 is 1.80. The summed E-state index contributed by atoms with van der Waals surface area (Å²) in [6, 6.07) is 20.4. The van der Waals surface area contributed by atoms with Crippen LogP contribution in [-0.4, -0.2) is 34.8 Å². The number of nitrogens with zero attached hydrogens (tertiary/aromatic N) is 3. The average molecular weight is 360 g/mol. The molecule has 1 aliphatic heterocycles. The van der Waals surface area contributed by atoms with Crippen LogP contribution in [0.25, 0.3) is 5.69 Å². The highest BCUT2D eigenvalue weighted by molar-refractivity contribution is 5.92. The van der Waals surface area contributed by atoms with Crippen LogP contribution < -0.4 is 10.2 Å². The second-order valence-corrected chi connectivity index (χ2v) is 7.05. The van der Waals surface area contributed by atoms with Gasteiger partial charge in [-0.2, -0.15) is 5.10 Å². The highest BCUT2D eigenvalue weighted by atomic mass is 16.1. The van der Waals surface area contributed by atoms with Crippen LogP contribution in [0.5, 0.6) is 0 Å². The Morgan fingerprint density at radius 3 is 2.70 bits per heavy atom. The van der Waals surface area contributed by atoms with Gasteiger partial charge in [-0.25, -0.2) is 4.68 Å². The summed E-state index contributed by atoms with van der Waals surface area (Å²) in [4.78, 5) is 15.0. The molecule has 1 aliphatic rings. The number of nitrogens with one attached hydrogen (secondary N) is 1. The second-order valence-electron chi connectivity index (χ2n) is 7.05. The fourth-order valence-corrected chi connectivity index (χ4v) is 3.68. The van der Waals surface area contributed by atoms with E-state index < -0.39 is 0 Å². The van der Waals surface area contributed by atoms with Gasteiger partial charge in [0.1, 0.15) is 0 Å². The zero-order valence-electron chi connectivity index (χ0n) is 15.7. The lowest BCUT2D eigenvalue weighted by atomic mass is 10.2. The maximum Gasteiger partial charge on any atom is 0.271 e. The van der Waals surface area contributed by atoms with E-state index in [1.165, 1.54) is 11.3 Å². The zero-order valence-corrected chi connectivity index (χ0v) is 15.7. The smallest absolute Gasteiger partial charge is 0.271 e. The van der Waals surface area contributed by atoms with E-state index in [1.54, 1.807) is 4.68 Å². The molecule has 0 saturated heterocycles. The number of hydrogen-bond acceptors (Lipinski definition) is 3. The fraction of sp³-hybridized carbons (Fsp3) is 0.273. The summed E-state index contributed by atoms with van der Waals surface area (Å²) in [5, 5.41) is 7.52. The van der Waals surface area contributed by atoms with Gasteiger partial charge in [0.05, 0.1) is 5.69 Å². The Morgan fingerprint density at radius 1 is 1.15 bits per heavy atom. The molecule has 0 radical (unpaired) electrons. The number of hydrogen-bond donors (Lipinski definition) is 1. The predicted molar refractivity (Wildman–Crippen MR) is 108 cm³/mol. The van der Waals surface area contributed by atoms with E-state index in [0.717, 1.165) is 24.3 Å². The van der Waals surface area contributed by atoms with Gasteiger partial charge in [0.25, 0.3) is 5.91 Å². The molecule has 1 N–H and O–H groups in total. The Balaban J connectivity index is 1.42. The summed E-state index contributed by atoms with van der Waals surface area (Å²) in [7, 11) is 0. The maximum atomic E-state index is 12.6. The molecule has 27 heavy (non-hydrogen) atoms. The first-order valence-corrected chi connectivity index (χ1v) is 9.38. The first kappa shape index (κ1) is 17.3. The minimum absolute atomic E-state index is 0.132. The summed E-state index contributed by atoms with van der Waals surface area (Å²) in [5.41, 5.74) is 5.01. The molecule has 138 valence electrons. The molecular formula is C22H24N4O. The monoisotopic (exact) mass is 360 g/mol. The summed E-state index contributed by atoms with van der Waals surface area (Å²) in [6.07, 6.45) is 1.06. The molecule has 2 heterocycles. The quantitative estimate of drug-likeness (QED) is 0.759. The minimum atomic E-state index is -0.132. The van der Waals surface area contributed by atoms with Gasteiger partial charge >= 0.3 is 0 Å². The molecule has 3 aromatic rings. The van der Waals surface area contributed by atoms with Crippen molar-refractivity contribution < 1.29 is 4.79 Å². The van der Waals surface area contributed by atoms with Crippen molar-refractivity contribution in [1.82, 2.24) is 15.1 Å². The average Bonchev–Trinajstić information content (AvgIpc) is 3.30. The van der Waals surface area contributed by atoms with Crippen molar-refractivity contribution >= 4 is 11.6 Å². The molecular weight excluding hydrogens is 336 g/mol. The minimum Gasteiger partial charge on any atom is -0.366 e. The van der Waals surface area contributed by atoms with E-state index in [0.29, 0.717) is 12.2 Å². The van der Waals surface area contributed by atoms with Crippen molar-refractivity contribution in [2.45, 2.75) is 26.3 Å². The van der Waals surface area contributed by atoms with Gasteiger partial charge in [0.2, 0.25) is 0 Å². The van der Waals surface area contributed by atoms with Crippen LogP contribution in [0.2, 0.25) is 0 Å². The number of fused-ring (bicyclic) bond motifs is 1. The van der Waals surface area contributed by atoms with Gasteiger partial charge in [-0.3, -0.25) is 4.79 Å². The van der Waals surface area contributed by atoms with Gasteiger partial charge < -0.3 is 10.2 Å². The number of aryl methyl sites for hydroxylation is 1. The SMILES string of the molecule is Cc1cc(C(=O)NCC(C)N2CCc3ccccc32)nn1-c1ccccc1. The molecule has 0 bridgehead atoms. The van der Waals surface area contributed by atoms with Crippen LogP contribution in [0.4, 0.5) is 5.69 Å². The number of aromatic nitrogens is 2. The number of rotatable bonds is 5. The van der Waals surface area contributed by atoms with Crippen LogP contribution in [0.1, 0.15) is 28.7 Å². The third-order valence-corrected chi connectivity index (χ3v) is 5.13. The Morgan fingerprint density at radius 2 is 1.89 bits per heavy atom. The van der Waals surface area contributed by atoms with Crippen molar-refractivity contribution in [2.24, 2.45) is 0 Å². The third-order valence-electron chi connectivity index (χ3n) is 5.13. The highest BCUT2D eigenvalue weighted by Crippen LogP contribution is 2.28. The topological polar surface area (TPSA) is 50.2 Å². The molecule has 2 aromatic carbocycles. The fourth-order valence-electron chi connectivity index (χ4n) is 3.68. The molecule has 4 rings (SSSR count). The summed E-state index contributed by atoms with van der Waals surface area (Å²) >= 11 is 0. The van der Waals surface area contributed by atoms with E-state index in [4.69, 9.17) is 0 Å².